The molecule has 10 N–H and O–H groups in total. The van der Waals surface area contributed by atoms with Gasteiger partial charge in [-0.05, 0) is 127 Å². The van der Waals surface area contributed by atoms with Crippen molar-refractivity contribution in [2.45, 2.75) is 153 Å². The van der Waals surface area contributed by atoms with Gasteiger partial charge in [-0.15, -0.1) is 0 Å². The van der Waals surface area contributed by atoms with E-state index in [1.165, 1.54) is 34.1 Å². The third-order valence-electron chi connectivity index (χ3n) is 19.7. The number of benzene rings is 6. The Hall–Kier alpha value is -10.7. The Morgan fingerprint density at radius 3 is 1.70 bits per heavy atom. The summed E-state index contributed by atoms with van der Waals surface area (Å²) in [5.41, 5.74) is 1.27. The first-order valence-corrected chi connectivity index (χ1v) is 35.3. The van der Waals surface area contributed by atoms with Crippen molar-refractivity contribution in [3.63, 3.8) is 0 Å². The summed E-state index contributed by atoms with van der Waals surface area (Å²) in [4.78, 5) is 172. The molecule has 7 amide bonds. The van der Waals surface area contributed by atoms with E-state index in [9.17, 15) is 63.3 Å². The molecule has 12 rings (SSSR count). The minimum atomic E-state index is -1.52. The zero-order chi connectivity index (χ0) is 75.8. The molecule has 2 fully saturated rings. The molecule has 105 heavy (non-hydrogen) atoms. The minimum Gasteiger partial charge on any atom is -0.490 e. The third-order valence-corrected chi connectivity index (χ3v) is 19.7. The molecule has 556 valence electrons. The molecular formula is C79H93N9O17. The molecule has 0 aromatic heterocycles. The maximum Gasteiger partial charge on any atom is 0.326 e. The molecule has 8 bridgehead atoms. The number of rotatable bonds is 17. The van der Waals surface area contributed by atoms with Crippen LogP contribution < -0.4 is 42.0 Å². The summed E-state index contributed by atoms with van der Waals surface area (Å²) in [7, 11) is 3.12. The molecule has 6 heterocycles. The van der Waals surface area contributed by atoms with Gasteiger partial charge < -0.3 is 71.8 Å². The van der Waals surface area contributed by atoms with Crippen molar-refractivity contribution in [3.05, 3.63) is 173 Å². The zero-order valence-electron chi connectivity index (χ0n) is 59.9. The highest BCUT2D eigenvalue weighted by Gasteiger charge is 2.48. The Bertz CT molecular complexity index is 4230. The number of hydrogen-bond acceptors (Lipinski definition) is 16. The van der Waals surface area contributed by atoms with E-state index in [1.807, 2.05) is 72.8 Å². The van der Waals surface area contributed by atoms with E-state index in [4.69, 9.17) is 9.47 Å². The smallest absolute Gasteiger partial charge is 0.326 e. The number of hydrogen-bond donors (Lipinski definition) is 10. The minimum absolute atomic E-state index is 0.0183. The largest absolute Gasteiger partial charge is 0.490 e. The van der Waals surface area contributed by atoms with Gasteiger partial charge in [0.2, 0.25) is 35.4 Å². The standard InChI is InChI=1S/C79H93N9O17/c1-45(80-6)66(89)38-56(40-68(91)92)75(98)88-44-60-42-65(88)74(97)83-61(36-49-20-24-51-14-8-10-16-54(51)33-49)67(90)39-57(77(100)101)32-47-18-26-53(27-19-47)71(94)82-58-41-64(87(43-58)76(99)69(79(3,4)5)86-70(93)46(2)81-7)73(96)84-62(37-50-21-25-52-15-9-11-17-55(52)34-50)72(95)85-63(78(102)103)35-48-22-28-59(29-23-48)104-30-12-13-31-105-60/h8-29,33-34,45-46,56-58,60-65,69,80-81H,30-32,35-44H2,1-7H3,(H,82,94)(H,83,97)(H,84,96)(H,85,95)(H,86,93)(H,91,92)(H,100,101)(H,102,103)/b13-12+/t45-,46-,56-,57+,58-,60-,61-,62-,63-,64-,65-,69+/m0/s1. The lowest BCUT2D eigenvalue weighted by atomic mass is 9.85. The van der Waals surface area contributed by atoms with Crippen molar-refractivity contribution < 1.29 is 82.3 Å². The van der Waals surface area contributed by atoms with Gasteiger partial charge in [0.05, 0.1) is 49.1 Å². The summed E-state index contributed by atoms with van der Waals surface area (Å²) in [6, 6.07) is 27.7. The van der Waals surface area contributed by atoms with E-state index in [0.717, 1.165) is 21.5 Å². The third kappa shape index (κ3) is 21.0. The fourth-order valence-corrected chi connectivity index (χ4v) is 13.4. The highest BCUT2D eigenvalue weighted by Crippen LogP contribution is 2.31. The van der Waals surface area contributed by atoms with Gasteiger partial charge in [0.15, 0.2) is 5.78 Å². The predicted molar refractivity (Wildman–Crippen MR) is 389 cm³/mol. The number of carboxylic acid groups (broad SMARTS) is 3. The van der Waals surface area contributed by atoms with Crippen molar-refractivity contribution in [2.75, 3.05) is 40.4 Å². The fourth-order valence-electron chi connectivity index (χ4n) is 13.4. The molecule has 0 aliphatic carbocycles. The zero-order valence-corrected chi connectivity index (χ0v) is 59.9. The van der Waals surface area contributed by atoms with Crippen molar-refractivity contribution >= 4 is 92.4 Å². The second-order valence-electron chi connectivity index (χ2n) is 28.4. The molecule has 0 spiro atoms. The van der Waals surface area contributed by atoms with E-state index in [0.29, 0.717) is 28.0 Å². The Morgan fingerprint density at radius 1 is 0.571 bits per heavy atom. The van der Waals surface area contributed by atoms with Crippen molar-refractivity contribution in [1.29, 1.82) is 0 Å². The summed E-state index contributed by atoms with van der Waals surface area (Å²) < 4.78 is 12.2. The number of likely N-dealkylation sites (N-methyl/N-ethyl adjacent to an activating group) is 2. The molecule has 26 heteroatoms. The number of nitrogens with zero attached hydrogens (tertiary/aromatic N) is 2. The lowest BCUT2D eigenvalue weighted by Crippen LogP contribution is -2.61. The van der Waals surface area contributed by atoms with Crippen LogP contribution in [0.2, 0.25) is 0 Å². The second-order valence-corrected chi connectivity index (χ2v) is 28.4. The first kappa shape index (κ1) is 78.4. The molecule has 6 aliphatic rings. The lowest BCUT2D eigenvalue weighted by Gasteiger charge is -2.36. The molecule has 12 atom stereocenters. The van der Waals surface area contributed by atoms with E-state index >= 15 is 9.59 Å². The summed E-state index contributed by atoms with van der Waals surface area (Å²) in [6.07, 6.45) is -0.321. The maximum atomic E-state index is 15.2. The van der Waals surface area contributed by atoms with E-state index in [1.54, 1.807) is 97.3 Å². The molecule has 26 nitrogen and oxygen atoms in total. The van der Waals surface area contributed by atoms with Crippen molar-refractivity contribution in [2.24, 2.45) is 17.3 Å². The van der Waals surface area contributed by atoms with Gasteiger partial charge in [0.1, 0.15) is 48.3 Å². The molecule has 6 aliphatic heterocycles. The van der Waals surface area contributed by atoms with E-state index < -0.39 is 168 Å². The van der Waals surface area contributed by atoms with Gasteiger partial charge in [-0.3, -0.25) is 52.7 Å². The number of ketones is 2. The number of amides is 7. The van der Waals surface area contributed by atoms with E-state index in [2.05, 4.69) is 37.2 Å². The summed E-state index contributed by atoms with van der Waals surface area (Å²) in [6.45, 7) is 7.90. The molecule has 0 saturated carbocycles. The Kier molecular flexibility index (Phi) is 26.6. The molecule has 6 aromatic rings. The van der Waals surface area contributed by atoms with Crippen LogP contribution in [0.25, 0.3) is 21.5 Å². The van der Waals surface area contributed by atoms with Crippen LogP contribution in [0.3, 0.4) is 0 Å². The van der Waals surface area contributed by atoms with Crippen LogP contribution in [0.4, 0.5) is 0 Å². The average molecular weight is 1440 g/mol. The van der Waals surface area contributed by atoms with Crippen LogP contribution in [-0.4, -0.2) is 197 Å². The monoisotopic (exact) mass is 1440 g/mol. The van der Waals surface area contributed by atoms with Crippen LogP contribution in [0.5, 0.6) is 5.75 Å². The highest BCUT2D eigenvalue weighted by molar-refractivity contribution is 6.00. The number of aliphatic carboxylic acids is 3. The number of carbonyl (C=O) groups excluding carboxylic acids is 9. The molecule has 2 saturated heterocycles. The fraction of sp³-hybridized carbons (Fsp3) is 0.418. The Morgan fingerprint density at radius 2 is 1.12 bits per heavy atom. The van der Waals surface area contributed by atoms with Crippen molar-refractivity contribution in [1.82, 2.24) is 47.0 Å². The van der Waals surface area contributed by atoms with Gasteiger partial charge >= 0.3 is 17.9 Å². The second kappa shape index (κ2) is 35.7. The molecule has 6 aromatic carbocycles. The predicted octanol–water partition coefficient (Wildman–Crippen LogP) is 4.89. The average Bonchev–Trinajstić information content (AvgIpc) is 1.69. The Labute approximate surface area is 608 Å². The number of nitrogens with one attached hydrogen (secondary N) is 7. The number of carbonyl (C=O) groups is 12. The maximum absolute atomic E-state index is 15.2. The van der Waals surface area contributed by atoms with Crippen LogP contribution in [0.15, 0.2) is 146 Å². The number of fused-ring (bicyclic) bond motifs is 2. The van der Waals surface area contributed by atoms with Crippen LogP contribution >= 0.6 is 0 Å². The quantitative estimate of drug-likeness (QED) is 0.0543. The molecule has 0 radical (unpaired) electrons. The van der Waals surface area contributed by atoms with Gasteiger partial charge in [0, 0.05) is 56.8 Å². The first-order valence-electron chi connectivity index (χ1n) is 35.3. The summed E-state index contributed by atoms with van der Waals surface area (Å²) >= 11 is 0. The number of Topliss-reactive ketones (excluding diaryl/α,β-unsaturated/α-hetero) is 2. The van der Waals surface area contributed by atoms with Gasteiger partial charge in [-0.1, -0.05) is 136 Å². The summed E-state index contributed by atoms with van der Waals surface area (Å²) in [5.74, 6) is -12.7. The van der Waals surface area contributed by atoms with Gasteiger partial charge in [0.25, 0.3) is 5.91 Å². The SMILES string of the molecule is CN[C@@H](C)C(=O)C[C@@H](CC(=O)O)C(=O)N1C[C@@H]2C[C@H]1C(=O)N[C@@H](Cc1ccc3ccccc3c1)C(=O)C[C@H](C(=O)O)Cc1ccc(cc1)C(=O)N[C@H]1C[C@@H](C(=O)N[C@@H](Cc3ccc4ccccc4c3)C(=O)N[C@H](C(=O)O)Cc3ccc(cc3)OC/C=C/CO2)N(C(=O)[C@@H](NC(=O)[C@H](C)NC)C(C)(C)C)C1. The number of carboxylic acids is 3. The highest BCUT2D eigenvalue weighted by atomic mass is 16.5. The van der Waals surface area contributed by atoms with Crippen LogP contribution in [-0.2, 0) is 83.2 Å². The topological polar surface area (TPSA) is 375 Å². The number of likely N-dealkylation sites (tertiary alicyclic amines) is 2. The first-order chi connectivity index (χ1) is 50.0. The molecule has 0 unspecified atom stereocenters. The lowest BCUT2D eigenvalue weighted by molar-refractivity contribution is -0.148. The summed E-state index contributed by atoms with van der Waals surface area (Å²) in [5, 5.41) is 54.7. The molecular weight excluding hydrogens is 1350 g/mol. The van der Waals surface area contributed by atoms with Crippen LogP contribution in [0, 0.1) is 17.3 Å². The van der Waals surface area contributed by atoms with Gasteiger partial charge in [-0.25, -0.2) is 4.79 Å². The number of ether oxygens (including phenoxy) is 2. The van der Waals surface area contributed by atoms with E-state index in [-0.39, 0.29) is 70.4 Å². The normalized spacial score (nSPS) is 22.6. The van der Waals surface area contributed by atoms with Gasteiger partial charge in [-0.2, -0.15) is 0 Å². The van der Waals surface area contributed by atoms with Crippen LogP contribution in [0.1, 0.15) is 99.3 Å². The van der Waals surface area contributed by atoms with Crippen molar-refractivity contribution in [3.8, 4) is 5.75 Å². The Balaban J connectivity index is 1.05.